The van der Waals surface area contributed by atoms with Crippen molar-refractivity contribution in [3.05, 3.63) is 77.2 Å². The second-order valence-electron chi connectivity index (χ2n) is 5.57. The fourth-order valence-electron chi connectivity index (χ4n) is 2.64. The molecule has 25 heavy (non-hydrogen) atoms. The van der Waals surface area contributed by atoms with Crippen LogP contribution < -0.4 is 5.43 Å². The number of carbonyl (C=O) groups is 1. The highest BCUT2D eigenvalue weighted by atomic mass is 16.3. The Hall–Kier alpha value is -3.41. The van der Waals surface area contributed by atoms with Gasteiger partial charge in [0.15, 0.2) is 0 Å². The van der Waals surface area contributed by atoms with Crippen LogP contribution in [0.1, 0.15) is 27.3 Å². The molecule has 3 rings (SSSR count). The third-order valence-electron chi connectivity index (χ3n) is 3.87. The van der Waals surface area contributed by atoms with Crippen LogP contribution in [0.3, 0.4) is 0 Å². The smallest absolute Gasteiger partial charge is 0.275 e. The molecule has 0 radical (unpaired) electrons. The van der Waals surface area contributed by atoms with Crippen molar-refractivity contribution in [2.24, 2.45) is 5.10 Å². The predicted octanol–water partition coefficient (Wildman–Crippen LogP) is 2.96. The minimum atomic E-state index is -0.465. The minimum Gasteiger partial charge on any atom is -0.507 e. The molecule has 2 aromatic heterocycles. The summed E-state index contributed by atoms with van der Waals surface area (Å²) in [5.41, 5.74) is 5.47. The maximum Gasteiger partial charge on any atom is 0.275 e. The molecule has 1 aromatic carbocycles. The standard InChI is InChI=1S/C19H18N4O2/c1-13-11-15(14(2)23(13)18-9-5-6-10-20-18)12-21-22-19(25)16-7-3-4-8-17(16)24/h3-12,24H,1-2H3,(H,22,25)/b21-12+. The van der Waals surface area contributed by atoms with Gasteiger partial charge in [0.2, 0.25) is 0 Å². The SMILES string of the molecule is Cc1cc(/C=N/NC(=O)c2ccccc2O)c(C)n1-c1ccccn1. The van der Waals surface area contributed by atoms with Crippen molar-refractivity contribution in [1.82, 2.24) is 15.0 Å². The van der Waals surface area contributed by atoms with Gasteiger partial charge < -0.3 is 9.67 Å². The largest absolute Gasteiger partial charge is 0.507 e. The van der Waals surface area contributed by atoms with Crippen LogP contribution in [-0.2, 0) is 0 Å². The zero-order valence-corrected chi connectivity index (χ0v) is 14.0. The molecule has 0 bridgehead atoms. The lowest BCUT2D eigenvalue weighted by molar-refractivity contribution is 0.0952. The Labute approximate surface area is 145 Å². The number of nitrogens with zero attached hydrogens (tertiary/aromatic N) is 3. The van der Waals surface area contributed by atoms with Gasteiger partial charge in [0, 0.05) is 23.1 Å². The highest BCUT2D eigenvalue weighted by Gasteiger charge is 2.11. The van der Waals surface area contributed by atoms with Crippen LogP contribution in [0.4, 0.5) is 0 Å². The summed E-state index contributed by atoms with van der Waals surface area (Å²) in [5.74, 6) is 0.284. The topological polar surface area (TPSA) is 79.5 Å². The van der Waals surface area contributed by atoms with E-state index < -0.39 is 5.91 Å². The van der Waals surface area contributed by atoms with Crippen molar-refractivity contribution in [3.8, 4) is 11.6 Å². The first-order chi connectivity index (χ1) is 12.1. The molecular formula is C19H18N4O2. The number of hydrogen-bond acceptors (Lipinski definition) is 4. The summed E-state index contributed by atoms with van der Waals surface area (Å²) in [5, 5.41) is 13.7. The molecular weight excluding hydrogens is 316 g/mol. The Morgan fingerprint density at radius 1 is 1.20 bits per heavy atom. The van der Waals surface area contributed by atoms with Crippen LogP contribution in [0.15, 0.2) is 59.8 Å². The number of pyridine rings is 1. The number of benzene rings is 1. The third kappa shape index (κ3) is 3.42. The van der Waals surface area contributed by atoms with E-state index in [0.29, 0.717) is 0 Å². The molecule has 0 fully saturated rings. The molecule has 126 valence electrons. The molecule has 0 unspecified atom stereocenters. The Balaban J connectivity index is 1.79. The summed E-state index contributed by atoms with van der Waals surface area (Å²) >= 11 is 0. The van der Waals surface area contributed by atoms with Gasteiger partial charge in [0.25, 0.3) is 5.91 Å². The molecule has 0 aliphatic carbocycles. The monoisotopic (exact) mass is 334 g/mol. The van der Waals surface area contributed by atoms with Gasteiger partial charge >= 0.3 is 0 Å². The number of hydrazone groups is 1. The first-order valence-corrected chi connectivity index (χ1v) is 7.79. The number of amides is 1. The lowest BCUT2D eigenvalue weighted by atomic mass is 10.2. The van der Waals surface area contributed by atoms with Crippen LogP contribution in [-0.4, -0.2) is 26.8 Å². The number of phenols is 1. The Morgan fingerprint density at radius 2 is 1.96 bits per heavy atom. The maximum atomic E-state index is 12.0. The quantitative estimate of drug-likeness (QED) is 0.569. The van der Waals surface area contributed by atoms with Crippen LogP contribution in [0, 0.1) is 13.8 Å². The number of aromatic nitrogens is 2. The summed E-state index contributed by atoms with van der Waals surface area (Å²) in [6.07, 6.45) is 3.33. The lowest BCUT2D eigenvalue weighted by Crippen LogP contribution is -2.17. The molecule has 1 amide bonds. The van der Waals surface area contributed by atoms with Gasteiger partial charge in [-0.05, 0) is 44.2 Å². The van der Waals surface area contributed by atoms with E-state index in [0.717, 1.165) is 22.8 Å². The first kappa shape index (κ1) is 16.4. The van der Waals surface area contributed by atoms with E-state index in [9.17, 15) is 9.90 Å². The minimum absolute atomic E-state index is 0.0801. The van der Waals surface area contributed by atoms with Crippen molar-refractivity contribution in [3.63, 3.8) is 0 Å². The molecule has 2 heterocycles. The fourth-order valence-corrected chi connectivity index (χ4v) is 2.64. The number of para-hydroxylation sites is 1. The molecule has 6 heteroatoms. The van der Waals surface area contributed by atoms with Crippen molar-refractivity contribution < 1.29 is 9.90 Å². The molecule has 3 aromatic rings. The lowest BCUT2D eigenvalue weighted by Gasteiger charge is -2.07. The summed E-state index contributed by atoms with van der Waals surface area (Å²) in [7, 11) is 0. The maximum absolute atomic E-state index is 12.0. The first-order valence-electron chi connectivity index (χ1n) is 7.79. The van der Waals surface area contributed by atoms with E-state index in [1.165, 1.54) is 12.1 Å². The average Bonchev–Trinajstić information content (AvgIpc) is 2.89. The molecule has 0 aliphatic heterocycles. The van der Waals surface area contributed by atoms with Crippen LogP contribution in [0.25, 0.3) is 5.82 Å². The molecule has 2 N–H and O–H groups in total. The van der Waals surface area contributed by atoms with Gasteiger partial charge in [0.05, 0.1) is 11.8 Å². The summed E-state index contributed by atoms with van der Waals surface area (Å²) < 4.78 is 2.02. The summed E-state index contributed by atoms with van der Waals surface area (Å²) in [6, 6.07) is 14.0. The Kier molecular flexibility index (Phi) is 4.61. The Bertz CT molecular complexity index is 930. The zero-order valence-electron chi connectivity index (χ0n) is 14.0. The van der Waals surface area contributed by atoms with Crippen molar-refractivity contribution in [1.29, 1.82) is 0 Å². The number of carbonyl (C=O) groups excluding carboxylic acids is 1. The highest BCUT2D eigenvalue weighted by molar-refractivity contribution is 5.97. The van der Waals surface area contributed by atoms with Crippen molar-refractivity contribution in [2.75, 3.05) is 0 Å². The molecule has 0 saturated heterocycles. The zero-order chi connectivity index (χ0) is 17.8. The van der Waals surface area contributed by atoms with E-state index in [-0.39, 0.29) is 11.3 Å². The van der Waals surface area contributed by atoms with Crippen LogP contribution >= 0.6 is 0 Å². The number of hydrogen-bond donors (Lipinski definition) is 2. The number of aromatic hydroxyl groups is 1. The molecule has 0 spiro atoms. The summed E-state index contributed by atoms with van der Waals surface area (Å²) in [4.78, 5) is 16.4. The van der Waals surface area contributed by atoms with E-state index in [1.54, 1.807) is 24.5 Å². The third-order valence-corrected chi connectivity index (χ3v) is 3.87. The van der Waals surface area contributed by atoms with Crippen LogP contribution in [0.5, 0.6) is 5.75 Å². The van der Waals surface area contributed by atoms with Gasteiger partial charge in [-0.1, -0.05) is 18.2 Å². The fraction of sp³-hybridized carbons (Fsp3) is 0.105. The second-order valence-corrected chi connectivity index (χ2v) is 5.57. The average molecular weight is 334 g/mol. The van der Waals surface area contributed by atoms with Crippen molar-refractivity contribution in [2.45, 2.75) is 13.8 Å². The van der Waals surface area contributed by atoms with E-state index >= 15 is 0 Å². The number of phenolic OH excluding ortho intramolecular Hbond substituents is 1. The predicted molar refractivity (Wildman–Crippen MR) is 96.2 cm³/mol. The second kappa shape index (κ2) is 7.00. The van der Waals surface area contributed by atoms with E-state index in [2.05, 4.69) is 15.5 Å². The van der Waals surface area contributed by atoms with Gasteiger partial charge in [0.1, 0.15) is 11.6 Å². The number of aryl methyl sites for hydroxylation is 1. The highest BCUT2D eigenvalue weighted by Crippen LogP contribution is 2.18. The summed E-state index contributed by atoms with van der Waals surface area (Å²) in [6.45, 7) is 3.95. The van der Waals surface area contributed by atoms with Gasteiger partial charge in [-0.3, -0.25) is 4.79 Å². The van der Waals surface area contributed by atoms with Gasteiger partial charge in [-0.2, -0.15) is 5.10 Å². The number of nitrogens with one attached hydrogen (secondary N) is 1. The van der Waals surface area contributed by atoms with E-state index in [1.807, 2.05) is 42.7 Å². The normalized spacial score (nSPS) is 11.0. The van der Waals surface area contributed by atoms with Crippen LogP contribution in [0.2, 0.25) is 0 Å². The van der Waals surface area contributed by atoms with Gasteiger partial charge in [-0.15, -0.1) is 0 Å². The Morgan fingerprint density at radius 3 is 2.68 bits per heavy atom. The molecule has 0 aliphatic rings. The van der Waals surface area contributed by atoms with Gasteiger partial charge in [-0.25, -0.2) is 10.4 Å². The molecule has 0 saturated carbocycles. The molecule has 0 atom stereocenters. The van der Waals surface area contributed by atoms with Crippen molar-refractivity contribution >= 4 is 12.1 Å². The number of rotatable bonds is 4. The molecule has 6 nitrogen and oxygen atoms in total. The van der Waals surface area contributed by atoms with E-state index in [4.69, 9.17) is 0 Å².